The van der Waals surface area contributed by atoms with E-state index in [9.17, 15) is 9.46 Å². The zero-order valence-corrected chi connectivity index (χ0v) is 7.72. The van der Waals surface area contributed by atoms with Gasteiger partial charge in [0.2, 0.25) is 0 Å². The van der Waals surface area contributed by atoms with E-state index < -0.39 is 7.60 Å². The van der Waals surface area contributed by atoms with Gasteiger partial charge in [0.25, 0.3) is 0 Å². The zero-order chi connectivity index (χ0) is 8.32. The molecule has 1 aliphatic rings. The standard InChI is InChI=1S/C7H15O3P/c1-10-11(8,9)7-5-3-2-4-6-7/h7H,2-6H2,1H3,(H,8,9). The lowest BCUT2D eigenvalue weighted by Crippen LogP contribution is -2.13. The molecule has 3 nitrogen and oxygen atoms in total. The molecule has 0 aromatic heterocycles. The Morgan fingerprint density at radius 1 is 1.36 bits per heavy atom. The third kappa shape index (κ3) is 2.29. The number of hydrogen-bond acceptors (Lipinski definition) is 2. The Kier molecular flexibility index (Phi) is 3.11. The largest absolute Gasteiger partial charge is 0.330 e. The van der Waals surface area contributed by atoms with Gasteiger partial charge in [0, 0.05) is 7.11 Å². The maximum absolute atomic E-state index is 11.3. The third-order valence-corrected chi connectivity index (χ3v) is 4.26. The molecule has 0 spiro atoms. The van der Waals surface area contributed by atoms with E-state index in [0.717, 1.165) is 25.7 Å². The van der Waals surface area contributed by atoms with Crippen LogP contribution in [0, 0.1) is 0 Å². The van der Waals surface area contributed by atoms with Crippen LogP contribution in [-0.4, -0.2) is 17.7 Å². The summed E-state index contributed by atoms with van der Waals surface area (Å²) in [6.45, 7) is 0. The predicted molar refractivity (Wildman–Crippen MR) is 43.7 cm³/mol. The second kappa shape index (κ2) is 3.70. The Balaban J connectivity index is 2.51. The van der Waals surface area contributed by atoms with Crippen LogP contribution in [0.2, 0.25) is 0 Å². The van der Waals surface area contributed by atoms with Gasteiger partial charge in [-0.05, 0) is 12.8 Å². The Morgan fingerprint density at radius 2 is 1.91 bits per heavy atom. The SMILES string of the molecule is COP(=O)(O)C1CCCCC1. The maximum atomic E-state index is 11.3. The molecule has 0 amide bonds. The molecule has 0 aliphatic heterocycles. The van der Waals surface area contributed by atoms with Crippen molar-refractivity contribution in [2.24, 2.45) is 0 Å². The summed E-state index contributed by atoms with van der Waals surface area (Å²) in [5, 5.41) is 0. The molecule has 0 radical (unpaired) electrons. The van der Waals surface area contributed by atoms with Crippen molar-refractivity contribution in [3.05, 3.63) is 0 Å². The van der Waals surface area contributed by atoms with E-state index in [-0.39, 0.29) is 5.66 Å². The summed E-state index contributed by atoms with van der Waals surface area (Å²) in [6, 6.07) is 0. The van der Waals surface area contributed by atoms with Gasteiger partial charge in [0.05, 0.1) is 5.66 Å². The van der Waals surface area contributed by atoms with Gasteiger partial charge in [-0.2, -0.15) is 0 Å². The first kappa shape index (κ1) is 9.24. The molecule has 1 atom stereocenters. The molecule has 0 heterocycles. The van der Waals surface area contributed by atoms with Crippen molar-refractivity contribution >= 4 is 7.60 Å². The maximum Gasteiger partial charge on any atom is 0.330 e. The average molecular weight is 178 g/mol. The van der Waals surface area contributed by atoms with Gasteiger partial charge in [-0.25, -0.2) is 0 Å². The van der Waals surface area contributed by atoms with Crippen LogP contribution >= 0.6 is 7.60 Å². The van der Waals surface area contributed by atoms with Crippen molar-refractivity contribution in [2.75, 3.05) is 7.11 Å². The topological polar surface area (TPSA) is 46.5 Å². The van der Waals surface area contributed by atoms with Gasteiger partial charge in [-0.3, -0.25) is 4.57 Å². The highest BCUT2D eigenvalue weighted by Gasteiger charge is 2.31. The monoisotopic (exact) mass is 178 g/mol. The molecule has 0 aromatic rings. The molecule has 66 valence electrons. The van der Waals surface area contributed by atoms with E-state index in [1.807, 2.05) is 0 Å². The van der Waals surface area contributed by atoms with Crippen LogP contribution in [0.15, 0.2) is 0 Å². The molecule has 1 unspecified atom stereocenters. The van der Waals surface area contributed by atoms with Crippen LogP contribution in [-0.2, 0) is 9.09 Å². The van der Waals surface area contributed by atoms with Crippen molar-refractivity contribution in [1.82, 2.24) is 0 Å². The van der Waals surface area contributed by atoms with Crippen molar-refractivity contribution in [3.8, 4) is 0 Å². The first-order chi connectivity index (χ1) is 5.17. The summed E-state index contributed by atoms with van der Waals surface area (Å²) >= 11 is 0. The minimum atomic E-state index is -3.25. The summed E-state index contributed by atoms with van der Waals surface area (Å²) in [6.07, 6.45) is 5.03. The van der Waals surface area contributed by atoms with E-state index in [1.54, 1.807) is 0 Å². The first-order valence-electron chi connectivity index (χ1n) is 4.05. The molecular weight excluding hydrogens is 163 g/mol. The quantitative estimate of drug-likeness (QED) is 0.659. The van der Waals surface area contributed by atoms with E-state index in [2.05, 4.69) is 4.52 Å². The fraction of sp³-hybridized carbons (Fsp3) is 1.00. The van der Waals surface area contributed by atoms with Gasteiger partial charge in [-0.1, -0.05) is 19.3 Å². The molecule has 0 aromatic carbocycles. The van der Waals surface area contributed by atoms with E-state index in [1.165, 1.54) is 13.5 Å². The Hall–Kier alpha value is 0.150. The Labute approximate surface area is 67.3 Å². The first-order valence-corrected chi connectivity index (χ1v) is 5.69. The third-order valence-electron chi connectivity index (χ3n) is 2.30. The van der Waals surface area contributed by atoms with E-state index in [0.29, 0.717) is 0 Å². The minimum Gasteiger partial charge on any atom is -0.324 e. The highest BCUT2D eigenvalue weighted by atomic mass is 31.2. The minimum absolute atomic E-state index is 0.0961. The zero-order valence-electron chi connectivity index (χ0n) is 6.82. The van der Waals surface area contributed by atoms with Crippen molar-refractivity contribution in [2.45, 2.75) is 37.8 Å². The van der Waals surface area contributed by atoms with Crippen molar-refractivity contribution in [1.29, 1.82) is 0 Å². The molecule has 1 saturated carbocycles. The highest BCUT2D eigenvalue weighted by molar-refractivity contribution is 7.53. The normalized spacial score (nSPS) is 26.4. The van der Waals surface area contributed by atoms with Gasteiger partial charge in [0.15, 0.2) is 0 Å². The van der Waals surface area contributed by atoms with Crippen LogP contribution in [0.3, 0.4) is 0 Å². The lowest BCUT2D eigenvalue weighted by atomic mass is 10.0. The van der Waals surface area contributed by atoms with Gasteiger partial charge in [0.1, 0.15) is 0 Å². The van der Waals surface area contributed by atoms with Gasteiger partial charge >= 0.3 is 7.60 Å². The Morgan fingerprint density at radius 3 is 2.36 bits per heavy atom. The predicted octanol–water partition coefficient (Wildman–Crippen LogP) is 2.15. The van der Waals surface area contributed by atoms with E-state index in [4.69, 9.17) is 0 Å². The van der Waals surface area contributed by atoms with Gasteiger partial charge in [-0.15, -0.1) is 0 Å². The molecule has 0 saturated heterocycles. The molecule has 1 fully saturated rings. The lowest BCUT2D eigenvalue weighted by molar-refractivity contribution is 0.290. The van der Waals surface area contributed by atoms with Crippen LogP contribution in [0.5, 0.6) is 0 Å². The smallest absolute Gasteiger partial charge is 0.324 e. The van der Waals surface area contributed by atoms with E-state index >= 15 is 0 Å². The summed E-state index contributed by atoms with van der Waals surface area (Å²) in [4.78, 5) is 9.28. The fourth-order valence-corrected chi connectivity index (χ4v) is 2.87. The Bertz CT molecular complexity index is 163. The lowest BCUT2D eigenvalue weighted by Gasteiger charge is -2.24. The molecule has 1 aliphatic carbocycles. The molecule has 11 heavy (non-hydrogen) atoms. The number of rotatable bonds is 2. The molecule has 4 heteroatoms. The second-order valence-electron chi connectivity index (χ2n) is 3.04. The van der Waals surface area contributed by atoms with Gasteiger partial charge < -0.3 is 9.42 Å². The van der Waals surface area contributed by atoms with Crippen LogP contribution in [0.4, 0.5) is 0 Å². The van der Waals surface area contributed by atoms with Crippen LogP contribution in [0.1, 0.15) is 32.1 Å². The fourth-order valence-electron chi connectivity index (χ4n) is 1.56. The molecule has 1 N–H and O–H groups in total. The summed E-state index contributed by atoms with van der Waals surface area (Å²) in [5.41, 5.74) is -0.0961. The van der Waals surface area contributed by atoms with Crippen LogP contribution in [0.25, 0.3) is 0 Å². The van der Waals surface area contributed by atoms with Crippen LogP contribution < -0.4 is 0 Å². The van der Waals surface area contributed by atoms with Crippen molar-refractivity contribution < 1.29 is 14.0 Å². The second-order valence-corrected chi connectivity index (χ2v) is 5.26. The molecular formula is C7H15O3P. The summed E-state index contributed by atoms with van der Waals surface area (Å²) < 4.78 is 15.9. The molecule has 1 rings (SSSR count). The average Bonchev–Trinajstić information content (AvgIpc) is 2.06. The molecule has 0 bridgehead atoms. The highest BCUT2D eigenvalue weighted by Crippen LogP contribution is 2.51. The van der Waals surface area contributed by atoms with Crippen molar-refractivity contribution in [3.63, 3.8) is 0 Å². The summed E-state index contributed by atoms with van der Waals surface area (Å²) in [5.74, 6) is 0. The number of hydrogen-bond donors (Lipinski definition) is 1. The summed E-state index contributed by atoms with van der Waals surface area (Å²) in [7, 11) is -1.93.